The molecule has 0 saturated heterocycles. The molecule has 0 aromatic heterocycles. The molecular weight excluding hydrogens is 180 g/mol. The zero-order chi connectivity index (χ0) is 10.1. The summed E-state index contributed by atoms with van der Waals surface area (Å²) < 4.78 is 0. The van der Waals surface area contributed by atoms with Crippen LogP contribution in [0.1, 0.15) is 23.2 Å². The van der Waals surface area contributed by atoms with E-state index in [4.69, 9.17) is 10.8 Å². The van der Waals surface area contributed by atoms with Crippen LogP contribution in [0.4, 0.5) is 11.4 Å². The molecule has 0 unspecified atom stereocenters. The smallest absolute Gasteiger partial charge is 0.337 e. The van der Waals surface area contributed by atoms with Gasteiger partial charge in [0.05, 0.1) is 5.56 Å². The number of rotatable bonds is 3. The van der Waals surface area contributed by atoms with E-state index in [-0.39, 0.29) is 5.56 Å². The van der Waals surface area contributed by atoms with Crippen molar-refractivity contribution in [2.75, 3.05) is 11.1 Å². The van der Waals surface area contributed by atoms with Crippen LogP contribution in [-0.4, -0.2) is 17.1 Å². The summed E-state index contributed by atoms with van der Waals surface area (Å²) in [5.74, 6) is -0.944. The van der Waals surface area contributed by atoms with Crippen LogP contribution >= 0.6 is 0 Å². The van der Waals surface area contributed by atoms with Crippen LogP contribution in [0.2, 0.25) is 0 Å². The molecule has 0 aliphatic heterocycles. The minimum Gasteiger partial charge on any atom is -0.478 e. The van der Waals surface area contributed by atoms with Crippen molar-refractivity contribution in [2.45, 2.75) is 18.9 Å². The maximum atomic E-state index is 10.9. The summed E-state index contributed by atoms with van der Waals surface area (Å²) >= 11 is 0. The first kappa shape index (κ1) is 8.87. The fourth-order valence-electron chi connectivity index (χ4n) is 1.31. The van der Waals surface area contributed by atoms with Crippen molar-refractivity contribution in [3.05, 3.63) is 23.8 Å². The number of nitrogens with two attached hydrogens (primary N) is 1. The molecule has 1 aromatic rings. The monoisotopic (exact) mass is 192 g/mol. The van der Waals surface area contributed by atoms with Gasteiger partial charge in [-0.15, -0.1) is 0 Å². The predicted molar refractivity (Wildman–Crippen MR) is 54.5 cm³/mol. The zero-order valence-corrected chi connectivity index (χ0v) is 7.66. The number of benzene rings is 1. The topological polar surface area (TPSA) is 75.3 Å². The van der Waals surface area contributed by atoms with Crippen molar-refractivity contribution >= 4 is 17.3 Å². The standard InChI is InChI=1S/C10H12N2O2/c11-6-1-4-9(12-7-2-3-7)8(5-6)10(13)14/h1,4-5,7,12H,2-3,11H2,(H,13,14). The van der Waals surface area contributed by atoms with Crippen LogP contribution in [-0.2, 0) is 0 Å². The summed E-state index contributed by atoms with van der Waals surface area (Å²) in [5, 5.41) is 12.1. The largest absolute Gasteiger partial charge is 0.478 e. The molecule has 14 heavy (non-hydrogen) atoms. The molecular formula is C10H12N2O2. The van der Waals surface area contributed by atoms with Crippen molar-refractivity contribution in [3.8, 4) is 0 Å². The first-order valence-electron chi connectivity index (χ1n) is 4.56. The third-order valence-electron chi connectivity index (χ3n) is 2.21. The van der Waals surface area contributed by atoms with Gasteiger partial charge < -0.3 is 16.2 Å². The van der Waals surface area contributed by atoms with Gasteiger partial charge in [0.1, 0.15) is 0 Å². The zero-order valence-electron chi connectivity index (χ0n) is 7.66. The Morgan fingerprint density at radius 2 is 2.21 bits per heavy atom. The summed E-state index contributed by atoms with van der Waals surface area (Å²) in [5.41, 5.74) is 6.90. The molecule has 0 heterocycles. The Kier molecular flexibility index (Phi) is 2.04. The van der Waals surface area contributed by atoms with Crippen LogP contribution in [0.3, 0.4) is 0 Å². The molecule has 1 aliphatic carbocycles. The summed E-state index contributed by atoms with van der Waals surface area (Å²) in [4.78, 5) is 10.9. The number of hydrogen-bond acceptors (Lipinski definition) is 3. The van der Waals surface area contributed by atoms with Gasteiger partial charge in [0.15, 0.2) is 0 Å². The van der Waals surface area contributed by atoms with Gasteiger partial charge in [0.25, 0.3) is 0 Å². The molecule has 4 N–H and O–H groups in total. The second kappa shape index (κ2) is 3.21. The van der Waals surface area contributed by atoms with Crippen LogP contribution < -0.4 is 11.1 Å². The van der Waals surface area contributed by atoms with Gasteiger partial charge in [-0.2, -0.15) is 0 Å². The molecule has 2 rings (SSSR count). The Bertz CT molecular complexity index is 372. The molecule has 0 spiro atoms. The highest BCUT2D eigenvalue weighted by atomic mass is 16.4. The van der Waals surface area contributed by atoms with Crippen LogP contribution in [0.15, 0.2) is 18.2 Å². The van der Waals surface area contributed by atoms with E-state index in [9.17, 15) is 4.79 Å². The second-order valence-electron chi connectivity index (χ2n) is 3.53. The van der Waals surface area contributed by atoms with Crippen molar-refractivity contribution in [2.24, 2.45) is 0 Å². The Morgan fingerprint density at radius 1 is 1.50 bits per heavy atom. The molecule has 1 aromatic carbocycles. The summed E-state index contributed by atoms with van der Waals surface area (Å²) in [7, 11) is 0. The number of hydrogen-bond donors (Lipinski definition) is 3. The molecule has 74 valence electrons. The molecule has 1 fully saturated rings. The number of nitrogen functional groups attached to an aromatic ring is 1. The van der Waals surface area contributed by atoms with Gasteiger partial charge in [0.2, 0.25) is 0 Å². The molecule has 0 atom stereocenters. The Labute approximate surface area is 81.7 Å². The highest BCUT2D eigenvalue weighted by Gasteiger charge is 2.22. The Hall–Kier alpha value is -1.71. The van der Waals surface area contributed by atoms with Gasteiger partial charge in [-0.25, -0.2) is 4.79 Å². The number of aromatic carboxylic acids is 1. The molecule has 4 heteroatoms. The maximum absolute atomic E-state index is 10.9. The number of anilines is 2. The molecule has 4 nitrogen and oxygen atoms in total. The van der Waals surface area contributed by atoms with Gasteiger partial charge in [0, 0.05) is 17.4 Å². The van der Waals surface area contributed by atoms with Gasteiger partial charge in [-0.05, 0) is 31.0 Å². The van der Waals surface area contributed by atoms with Gasteiger partial charge >= 0.3 is 5.97 Å². The van der Waals surface area contributed by atoms with Crippen molar-refractivity contribution in [1.29, 1.82) is 0 Å². The maximum Gasteiger partial charge on any atom is 0.337 e. The van der Waals surface area contributed by atoms with E-state index in [1.54, 1.807) is 12.1 Å². The fourth-order valence-corrected chi connectivity index (χ4v) is 1.31. The number of carbonyl (C=O) groups is 1. The van der Waals surface area contributed by atoms with Crippen LogP contribution in [0.5, 0.6) is 0 Å². The Balaban J connectivity index is 2.31. The lowest BCUT2D eigenvalue weighted by Gasteiger charge is -2.08. The van der Waals surface area contributed by atoms with E-state index in [1.165, 1.54) is 6.07 Å². The van der Waals surface area contributed by atoms with E-state index in [0.717, 1.165) is 12.8 Å². The number of carboxylic acids is 1. The first-order chi connectivity index (χ1) is 6.66. The molecule has 0 radical (unpaired) electrons. The predicted octanol–water partition coefficient (Wildman–Crippen LogP) is 1.54. The molecule has 1 aliphatic rings. The third-order valence-corrected chi connectivity index (χ3v) is 2.21. The SMILES string of the molecule is Nc1ccc(NC2CC2)c(C(=O)O)c1. The minimum absolute atomic E-state index is 0.247. The van der Waals surface area contributed by atoms with Gasteiger partial charge in [-0.3, -0.25) is 0 Å². The van der Waals surface area contributed by atoms with Crippen LogP contribution in [0, 0.1) is 0 Å². The van der Waals surface area contributed by atoms with E-state index in [2.05, 4.69) is 5.32 Å². The van der Waals surface area contributed by atoms with Crippen molar-refractivity contribution in [1.82, 2.24) is 0 Å². The van der Waals surface area contributed by atoms with E-state index >= 15 is 0 Å². The number of nitrogens with one attached hydrogen (secondary N) is 1. The molecule has 1 saturated carbocycles. The second-order valence-corrected chi connectivity index (χ2v) is 3.53. The third kappa shape index (κ3) is 1.79. The number of carboxylic acid groups (broad SMARTS) is 1. The summed E-state index contributed by atoms with van der Waals surface area (Å²) in [6.45, 7) is 0. The fraction of sp³-hybridized carbons (Fsp3) is 0.300. The Morgan fingerprint density at radius 3 is 2.79 bits per heavy atom. The summed E-state index contributed by atoms with van der Waals surface area (Å²) in [6.07, 6.45) is 2.23. The van der Waals surface area contributed by atoms with Gasteiger partial charge in [-0.1, -0.05) is 0 Å². The van der Waals surface area contributed by atoms with Crippen LogP contribution in [0.25, 0.3) is 0 Å². The van der Waals surface area contributed by atoms with E-state index in [0.29, 0.717) is 17.4 Å². The lowest BCUT2D eigenvalue weighted by atomic mass is 10.1. The first-order valence-corrected chi connectivity index (χ1v) is 4.56. The average Bonchev–Trinajstić information content (AvgIpc) is 2.91. The highest BCUT2D eigenvalue weighted by molar-refractivity contribution is 5.95. The summed E-state index contributed by atoms with van der Waals surface area (Å²) in [6, 6.07) is 5.35. The lowest BCUT2D eigenvalue weighted by Crippen LogP contribution is -2.08. The highest BCUT2D eigenvalue weighted by Crippen LogP contribution is 2.27. The normalized spacial score (nSPS) is 15.1. The van der Waals surface area contributed by atoms with E-state index < -0.39 is 5.97 Å². The molecule has 0 bridgehead atoms. The average molecular weight is 192 g/mol. The van der Waals surface area contributed by atoms with Crippen molar-refractivity contribution in [3.63, 3.8) is 0 Å². The van der Waals surface area contributed by atoms with Crippen molar-refractivity contribution < 1.29 is 9.90 Å². The quantitative estimate of drug-likeness (QED) is 0.635. The molecule has 0 amide bonds. The minimum atomic E-state index is -0.944. The lowest BCUT2D eigenvalue weighted by molar-refractivity contribution is 0.0698. The van der Waals surface area contributed by atoms with E-state index in [1.807, 2.05) is 0 Å².